The second-order valence-corrected chi connectivity index (χ2v) is 8.82. The molecule has 0 aliphatic rings. The van der Waals surface area contributed by atoms with Crippen LogP contribution in [-0.2, 0) is 4.79 Å². The summed E-state index contributed by atoms with van der Waals surface area (Å²) in [5, 5.41) is 6.02. The van der Waals surface area contributed by atoms with E-state index in [-0.39, 0.29) is 17.9 Å². The minimum absolute atomic E-state index is 0.154. The largest absolute Gasteiger partial charge is 0.484 e. The predicted molar refractivity (Wildman–Crippen MR) is 139 cm³/mol. The van der Waals surface area contributed by atoms with Crippen LogP contribution in [0.3, 0.4) is 0 Å². The van der Waals surface area contributed by atoms with E-state index in [2.05, 4.69) is 26.6 Å². The number of fused-ring (bicyclic) bond motifs is 1. The number of halogens is 1. The highest BCUT2D eigenvalue weighted by Crippen LogP contribution is 2.24. The van der Waals surface area contributed by atoms with E-state index in [0.717, 1.165) is 5.69 Å². The SMILES string of the molecule is CN(C)c1ccc(C(=O)Nc2cc(Br)cc(NC(=O)COc3ccc4c(=O)ccoc4c3)c2)cc1. The van der Waals surface area contributed by atoms with E-state index < -0.39 is 5.91 Å². The first-order valence-corrected chi connectivity index (χ1v) is 11.4. The molecule has 178 valence electrons. The van der Waals surface area contributed by atoms with Gasteiger partial charge in [-0.25, -0.2) is 0 Å². The zero-order valence-electron chi connectivity index (χ0n) is 19.0. The molecule has 1 aromatic heterocycles. The van der Waals surface area contributed by atoms with Crippen LogP contribution < -0.4 is 25.7 Å². The number of hydrogen-bond donors (Lipinski definition) is 2. The van der Waals surface area contributed by atoms with E-state index in [0.29, 0.717) is 38.1 Å². The highest BCUT2D eigenvalue weighted by molar-refractivity contribution is 9.10. The summed E-state index contributed by atoms with van der Waals surface area (Å²) in [6.45, 7) is -0.255. The Labute approximate surface area is 209 Å². The van der Waals surface area contributed by atoms with Gasteiger partial charge in [0, 0.05) is 53.3 Å². The Morgan fingerprint density at radius 3 is 2.37 bits per heavy atom. The zero-order chi connectivity index (χ0) is 24.9. The molecule has 0 atom stereocenters. The first-order valence-electron chi connectivity index (χ1n) is 10.6. The van der Waals surface area contributed by atoms with Crippen molar-refractivity contribution in [3.63, 3.8) is 0 Å². The summed E-state index contributed by atoms with van der Waals surface area (Å²) in [6, 6.07) is 18.4. The molecule has 35 heavy (non-hydrogen) atoms. The van der Waals surface area contributed by atoms with Gasteiger partial charge >= 0.3 is 0 Å². The number of ether oxygens (including phenoxy) is 1. The highest BCUT2D eigenvalue weighted by atomic mass is 79.9. The van der Waals surface area contributed by atoms with Gasteiger partial charge in [-0.3, -0.25) is 14.4 Å². The average Bonchev–Trinajstić information content (AvgIpc) is 2.82. The average molecular weight is 536 g/mol. The fourth-order valence-electron chi connectivity index (χ4n) is 3.35. The van der Waals surface area contributed by atoms with Crippen molar-refractivity contribution in [1.82, 2.24) is 0 Å². The molecule has 0 unspecified atom stereocenters. The van der Waals surface area contributed by atoms with Crippen LogP contribution in [0.4, 0.5) is 17.1 Å². The minimum atomic E-state index is -0.394. The van der Waals surface area contributed by atoms with Crippen LogP contribution in [-0.4, -0.2) is 32.5 Å². The molecule has 0 spiro atoms. The molecule has 2 N–H and O–H groups in total. The number of amides is 2. The third-order valence-electron chi connectivity index (χ3n) is 5.09. The predicted octanol–water partition coefficient (Wildman–Crippen LogP) is 4.89. The van der Waals surface area contributed by atoms with Crippen molar-refractivity contribution in [2.75, 3.05) is 36.2 Å². The van der Waals surface area contributed by atoms with Crippen molar-refractivity contribution in [3.05, 3.63) is 93.3 Å². The van der Waals surface area contributed by atoms with E-state index in [1.807, 2.05) is 31.1 Å². The number of carbonyl (C=O) groups excluding carboxylic acids is 2. The minimum Gasteiger partial charge on any atom is -0.484 e. The second kappa shape index (κ2) is 10.4. The third-order valence-corrected chi connectivity index (χ3v) is 5.55. The van der Waals surface area contributed by atoms with Gasteiger partial charge in [-0.05, 0) is 54.6 Å². The first kappa shape index (κ1) is 24.0. The van der Waals surface area contributed by atoms with Crippen LogP contribution in [0.2, 0.25) is 0 Å². The van der Waals surface area contributed by atoms with Crippen molar-refractivity contribution in [1.29, 1.82) is 0 Å². The molecule has 1 heterocycles. The Balaban J connectivity index is 1.38. The lowest BCUT2D eigenvalue weighted by atomic mass is 10.2. The van der Waals surface area contributed by atoms with Gasteiger partial charge in [-0.1, -0.05) is 15.9 Å². The van der Waals surface area contributed by atoms with Crippen LogP contribution in [0.25, 0.3) is 11.0 Å². The summed E-state index contributed by atoms with van der Waals surface area (Å²) >= 11 is 3.40. The lowest BCUT2D eigenvalue weighted by molar-refractivity contribution is -0.118. The molecule has 9 heteroatoms. The van der Waals surface area contributed by atoms with Gasteiger partial charge in [0.25, 0.3) is 11.8 Å². The maximum Gasteiger partial charge on any atom is 0.262 e. The molecule has 0 saturated heterocycles. The van der Waals surface area contributed by atoms with Crippen LogP contribution in [0.5, 0.6) is 5.75 Å². The van der Waals surface area contributed by atoms with Gasteiger partial charge in [0.05, 0.1) is 11.6 Å². The highest BCUT2D eigenvalue weighted by Gasteiger charge is 2.11. The molecule has 0 fully saturated rings. The Morgan fingerprint density at radius 1 is 0.943 bits per heavy atom. The molecule has 0 aliphatic carbocycles. The summed E-state index contributed by atoms with van der Waals surface area (Å²) < 4.78 is 11.5. The Hall–Kier alpha value is -4.11. The topological polar surface area (TPSA) is 101 Å². The lowest BCUT2D eigenvalue weighted by Gasteiger charge is -2.13. The van der Waals surface area contributed by atoms with Gasteiger partial charge in [-0.2, -0.15) is 0 Å². The Morgan fingerprint density at radius 2 is 1.66 bits per heavy atom. The van der Waals surface area contributed by atoms with Gasteiger partial charge in [0.15, 0.2) is 12.0 Å². The molecule has 0 radical (unpaired) electrons. The zero-order valence-corrected chi connectivity index (χ0v) is 20.6. The quantitative estimate of drug-likeness (QED) is 0.349. The number of nitrogens with one attached hydrogen (secondary N) is 2. The van der Waals surface area contributed by atoms with Crippen molar-refractivity contribution >= 4 is 55.8 Å². The van der Waals surface area contributed by atoms with E-state index in [9.17, 15) is 14.4 Å². The van der Waals surface area contributed by atoms with Crippen molar-refractivity contribution < 1.29 is 18.7 Å². The Kier molecular flexibility index (Phi) is 7.17. The molecule has 8 nitrogen and oxygen atoms in total. The maximum absolute atomic E-state index is 12.6. The van der Waals surface area contributed by atoms with E-state index in [1.54, 1.807) is 48.5 Å². The molecular weight excluding hydrogens is 514 g/mol. The summed E-state index contributed by atoms with van der Waals surface area (Å²) in [7, 11) is 3.86. The van der Waals surface area contributed by atoms with Crippen molar-refractivity contribution in [2.24, 2.45) is 0 Å². The monoisotopic (exact) mass is 535 g/mol. The van der Waals surface area contributed by atoms with Crippen molar-refractivity contribution in [3.8, 4) is 5.75 Å². The molecule has 4 aromatic rings. The lowest BCUT2D eigenvalue weighted by Crippen LogP contribution is -2.20. The van der Waals surface area contributed by atoms with Gasteiger partial charge < -0.3 is 24.7 Å². The van der Waals surface area contributed by atoms with Gasteiger partial charge in [0.2, 0.25) is 0 Å². The molecule has 3 aromatic carbocycles. The van der Waals surface area contributed by atoms with Crippen molar-refractivity contribution in [2.45, 2.75) is 0 Å². The number of nitrogens with zero attached hydrogens (tertiary/aromatic N) is 1. The number of carbonyl (C=O) groups is 2. The van der Waals surface area contributed by atoms with Crippen LogP contribution in [0.1, 0.15) is 10.4 Å². The normalized spacial score (nSPS) is 10.6. The van der Waals surface area contributed by atoms with E-state index in [4.69, 9.17) is 9.15 Å². The van der Waals surface area contributed by atoms with E-state index >= 15 is 0 Å². The number of rotatable bonds is 7. The Bertz CT molecular complexity index is 1450. The molecule has 0 saturated carbocycles. The van der Waals surface area contributed by atoms with Crippen LogP contribution >= 0.6 is 15.9 Å². The number of benzene rings is 3. The smallest absolute Gasteiger partial charge is 0.262 e. The van der Waals surface area contributed by atoms with Crippen LogP contribution in [0.15, 0.2) is 86.7 Å². The van der Waals surface area contributed by atoms with E-state index in [1.165, 1.54) is 12.3 Å². The summed E-state index contributed by atoms with van der Waals surface area (Å²) in [4.78, 5) is 38.8. The fraction of sp³-hybridized carbons (Fsp3) is 0.115. The number of anilines is 3. The first-order chi connectivity index (χ1) is 16.8. The number of hydrogen-bond acceptors (Lipinski definition) is 6. The fourth-order valence-corrected chi connectivity index (χ4v) is 3.84. The van der Waals surface area contributed by atoms with Gasteiger partial charge in [0.1, 0.15) is 11.3 Å². The standard InChI is InChI=1S/C26H22BrN3O5/c1-30(2)20-5-3-16(4-6-20)26(33)29-19-12-17(27)11-18(13-19)28-25(32)15-35-21-7-8-22-23(31)9-10-34-24(22)14-21/h3-14H,15H2,1-2H3,(H,28,32)(H,29,33). The van der Waals surface area contributed by atoms with Gasteiger partial charge in [-0.15, -0.1) is 0 Å². The summed E-state index contributed by atoms with van der Waals surface area (Å²) in [5.74, 6) is -0.268. The second-order valence-electron chi connectivity index (χ2n) is 7.90. The molecular formula is C26H22BrN3O5. The summed E-state index contributed by atoms with van der Waals surface area (Å²) in [6.07, 6.45) is 1.31. The molecule has 2 amide bonds. The van der Waals surface area contributed by atoms with Crippen LogP contribution in [0, 0.1) is 0 Å². The maximum atomic E-state index is 12.6. The molecule has 0 aliphatic heterocycles. The molecule has 0 bridgehead atoms. The molecule has 4 rings (SSSR count). The summed E-state index contributed by atoms with van der Waals surface area (Å²) in [5.41, 5.74) is 2.72. The third kappa shape index (κ3) is 6.07.